The molecular weight excluding hydrogens is 354 g/mol. The van der Waals surface area contributed by atoms with Crippen molar-refractivity contribution in [3.63, 3.8) is 0 Å². The highest BCUT2D eigenvalue weighted by Crippen LogP contribution is 2.36. The maximum Gasteiger partial charge on any atom is 0.301 e. The highest BCUT2D eigenvalue weighted by Gasteiger charge is 2.38. The summed E-state index contributed by atoms with van der Waals surface area (Å²) in [5.41, 5.74) is 0.593. The van der Waals surface area contributed by atoms with Gasteiger partial charge in [0.1, 0.15) is 0 Å². The molecule has 0 spiro atoms. The molecule has 9 heteroatoms. The second-order valence-electron chi connectivity index (χ2n) is 6.26. The SMILES string of the molecule is C#CCCC1(CCNC(=O)c2ccc(N3CCCNS3(=O)=O)cc2)N=N1. The minimum atomic E-state index is -3.49. The van der Waals surface area contributed by atoms with Crippen molar-refractivity contribution in [2.45, 2.75) is 31.3 Å². The molecule has 3 rings (SSSR count). The van der Waals surface area contributed by atoms with E-state index in [1.165, 1.54) is 4.31 Å². The predicted octanol–water partition coefficient (Wildman–Crippen LogP) is 1.43. The Morgan fingerprint density at radius 1 is 1.31 bits per heavy atom. The van der Waals surface area contributed by atoms with Crippen LogP contribution in [-0.4, -0.2) is 39.6 Å². The topological polar surface area (TPSA) is 103 Å². The van der Waals surface area contributed by atoms with Gasteiger partial charge in [-0.2, -0.15) is 23.4 Å². The van der Waals surface area contributed by atoms with Crippen LogP contribution >= 0.6 is 0 Å². The van der Waals surface area contributed by atoms with Crippen LogP contribution in [0, 0.1) is 12.3 Å². The maximum absolute atomic E-state index is 12.2. The lowest BCUT2D eigenvalue weighted by Crippen LogP contribution is -2.47. The Balaban J connectivity index is 1.53. The fourth-order valence-electron chi connectivity index (χ4n) is 2.82. The van der Waals surface area contributed by atoms with Crippen LogP contribution in [0.5, 0.6) is 0 Å². The number of benzene rings is 1. The molecule has 2 N–H and O–H groups in total. The zero-order chi connectivity index (χ0) is 18.6. The normalized spacial score (nSPS) is 19.6. The summed E-state index contributed by atoms with van der Waals surface area (Å²) in [5.74, 6) is 2.35. The van der Waals surface area contributed by atoms with Gasteiger partial charge in [-0.25, -0.2) is 0 Å². The third-order valence-electron chi connectivity index (χ3n) is 4.39. The number of rotatable bonds is 7. The first-order chi connectivity index (χ1) is 12.5. The molecular formula is C17H21N5O3S. The zero-order valence-electron chi connectivity index (χ0n) is 14.3. The third kappa shape index (κ3) is 4.20. The van der Waals surface area contributed by atoms with Crippen LogP contribution in [-0.2, 0) is 10.2 Å². The molecule has 0 radical (unpaired) electrons. The maximum atomic E-state index is 12.2. The van der Waals surface area contributed by atoms with Crippen molar-refractivity contribution in [1.29, 1.82) is 0 Å². The number of nitrogens with one attached hydrogen (secondary N) is 2. The van der Waals surface area contributed by atoms with Crippen molar-refractivity contribution >= 4 is 21.8 Å². The van der Waals surface area contributed by atoms with E-state index < -0.39 is 15.9 Å². The van der Waals surface area contributed by atoms with Crippen LogP contribution in [0.4, 0.5) is 5.69 Å². The fourth-order valence-corrected chi connectivity index (χ4v) is 4.14. The van der Waals surface area contributed by atoms with Gasteiger partial charge in [0.05, 0.1) is 5.69 Å². The molecule has 1 fully saturated rings. The number of hydrogen-bond donors (Lipinski definition) is 2. The molecule has 1 aromatic carbocycles. The predicted molar refractivity (Wildman–Crippen MR) is 97.9 cm³/mol. The molecule has 0 bridgehead atoms. The Morgan fingerprint density at radius 2 is 2.04 bits per heavy atom. The molecule has 2 aliphatic rings. The first kappa shape index (κ1) is 18.4. The van der Waals surface area contributed by atoms with E-state index in [4.69, 9.17) is 6.42 Å². The highest BCUT2D eigenvalue weighted by atomic mass is 32.2. The van der Waals surface area contributed by atoms with E-state index in [1.807, 2.05) is 0 Å². The number of carbonyl (C=O) groups excluding carboxylic acids is 1. The van der Waals surface area contributed by atoms with E-state index >= 15 is 0 Å². The summed E-state index contributed by atoms with van der Waals surface area (Å²) in [6, 6.07) is 6.52. The molecule has 2 heterocycles. The van der Waals surface area contributed by atoms with Gasteiger partial charge in [-0.1, -0.05) is 0 Å². The van der Waals surface area contributed by atoms with E-state index in [1.54, 1.807) is 24.3 Å². The molecule has 1 aromatic rings. The van der Waals surface area contributed by atoms with Crippen LogP contribution in [0.25, 0.3) is 0 Å². The number of hydrogen-bond acceptors (Lipinski definition) is 5. The lowest BCUT2D eigenvalue weighted by Gasteiger charge is -2.28. The largest absolute Gasteiger partial charge is 0.352 e. The van der Waals surface area contributed by atoms with Crippen LogP contribution < -0.4 is 14.3 Å². The first-order valence-electron chi connectivity index (χ1n) is 8.49. The van der Waals surface area contributed by atoms with Crippen molar-refractivity contribution in [2.75, 3.05) is 23.9 Å². The van der Waals surface area contributed by atoms with Gasteiger partial charge in [-0.15, -0.1) is 12.3 Å². The molecule has 0 aliphatic carbocycles. The minimum Gasteiger partial charge on any atom is -0.352 e. The number of carbonyl (C=O) groups is 1. The van der Waals surface area contributed by atoms with Crippen LogP contribution in [0.3, 0.4) is 0 Å². The summed E-state index contributed by atoms with van der Waals surface area (Å²) in [6.45, 7) is 1.32. The summed E-state index contributed by atoms with van der Waals surface area (Å²) < 4.78 is 27.9. The van der Waals surface area contributed by atoms with E-state index in [2.05, 4.69) is 26.2 Å². The van der Waals surface area contributed by atoms with Crippen molar-refractivity contribution in [3.8, 4) is 12.3 Å². The van der Waals surface area contributed by atoms with E-state index in [0.717, 1.165) is 6.42 Å². The number of terminal acetylenes is 1. The van der Waals surface area contributed by atoms with E-state index in [9.17, 15) is 13.2 Å². The Labute approximate surface area is 153 Å². The molecule has 138 valence electrons. The smallest absolute Gasteiger partial charge is 0.301 e. The Kier molecular flexibility index (Phi) is 5.25. The first-order valence-corrected chi connectivity index (χ1v) is 9.93. The molecule has 0 atom stereocenters. The molecule has 0 unspecified atom stereocenters. The minimum absolute atomic E-state index is 0.219. The average Bonchev–Trinajstić information content (AvgIpc) is 3.40. The van der Waals surface area contributed by atoms with Crippen molar-refractivity contribution in [3.05, 3.63) is 29.8 Å². The van der Waals surface area contributed by atoms with Crippen LogP contribution in [0.1, 0.15) is 36.0 Å². The summed E-state index contributed by atoms with van der Waals surface area (Å²) >= 11 is 0. The molecule has 0 aromatic heterocycles. The second kappa shape index (κ2) is 7.43. The van der Waals surface area contributed by atoms with Crippen molar-refractivity contribution < 1.29 is 13.2 Å². The molecule has 1 saturated heterocycles. The highest BCUT2D eigenvalue weighted by molar-refractivity contribution is 7.90. The Bertz CT molecular complexity index is 836. The number of amides is 1. The van der Waals surface area contributed by atoms with Gasteiger partial charge in [0, 0.05) is 44.5 Å². The van der Waals surface area contributed by atoms with Gasteiger partial charge in [0.15, 0.2) is 5.66 Å². The summed E-state index contributed by atoms with van der Waals surface area (Å²) in [5, 5.41) is 10.9. The molecule has 2 aliphatic heterocycles. The van der Waals surface area contributed by atoms with Crippen LogP contribution in [0.15, 0.2) is 34.5 Å². The average molecular weight is 375 g/mol. The Morgan fingerprint density at radius 3 is 2.65 bits per heavy atom. The van der Waals surface area contributed by atoms with Crippen molar-refractivity contribution in [2.24, 2.45) is 10.2 Å². The van der Waals surface area contributed by atoms with E-state index in [-0.39, 0.29) is 5.91 Å². The summed E-state index contributed by atoms with van der Waals surface area (Å²) in [6.07, 6.45) is 7.92. The van der Waals surface area contributed by atoms with Gasteiger partial charge in [0.2, 0.25) is 0 Å². The third-order valence-corrected chi connectivity index (χ3v) is 5.94. The monoisotopic (exact) mass is 375 g/mol. The molecule has 0 saturated carbocycles. The molecule has 8 nitrogen and oxygen atoms in total. The van der Waals surface area contributed by atoms with Gasteiger partial charge in [-0.05, 0) is 30.7 Å². The lowest BCUT2D eigenvalue weighted by atomic mass is 10.0. The fraction of sp³-hybridized carbons (Fsp3) is 0.471. The molecule has 1 amide bonds. The summed E-state index contributed by atoms with van der Waals surface area (Å²) in [7, 11) is -3.49. The van der Waals surface area contributed by atoms with Gasteiger partial charge in [-0.3, -0.25) is 9.10 Å². The van der Waals surface area contributed by atoms with Crippen molar-refractivity contribution in [1.82, 2.24) is 10.0 Å². The molecule has 26 heavy (non-hydrogen) atoms. The quantitative estimate of drug-likeness (QED) is 0.705. The standard InChI is InChI=1S/C17H21N5O3S/c1-2-3-9-17(20-21-17)10-12-18-16(23)14-5-7-15(8-6-14)22-13-4-11-19-26(22,24)25/h1,5-8,19H,3-4,9-13H2,(H,18,23). The van der Waals surface area contributed by atoms with E-state index in [0.29, 0.717) is 50.1 Å². The number of nitrogens with zero attached hydrogens (tertiary/aromatic N) is 3. The van der Waals surface area contributed by atoms with Gasteiger partial charge < -0.3 is 5.32 Å². The Hall–Kier alpha value is -2.44. The van der Waals surface area contributed by atoms with Gasteiger partial charge >= 0.3 is 10.2 Å². The number of anilines is 1. The van der Waals surface area contributed by atoms with Crippen LogP contribution in [0.2, 0.25) is 0 Å². The zero-order valence-corrected chi connectivity index (χ0v) is 15.1. The summed E-state index contributed by atoms with van der Waals surface area (Å²) in [4.78, 5) is 12.2. The van der Waals surface area contributed by atoms with Gasteiger partial charge in [0.25, 0.3) is 5.91 Å². The lowest BCUT2D eigenvalue weighted by molar-refractivity contribution is 0.0952. The second-order valence-corrected chi connectivity index (χ2v) is 7.94.